The molecule has 0 saturated carbocycles. The highest BCUT2D eigenvalue weighted by Gasteiger charge is 2.34. The van der Waals surface area contributed by atoms with Gasteiger partial charge < -0.3 is 4.74 Å². The maximum atomic E-state index is 11.9. The molecule has 16 heavy (non-hydrogen) atoms. The number of hydrogen-bond acceptors (Lipinski definition) is 3. The third-order valence-corrected chi connectivity index (χ3v) is 2.81. The fourth-order valence-corrected chi connectivity index (χ4v) is 1.72. The Balaban J connectivity index is 4.27. The van der Waals surface area contributed by atoms with Crippen LogP contribution in [0.1, 0.15) is 20.3 Å². The lowest BCUT2D eigenvalue weighted by Crippen LogP contribution is -2.28. The molecule has 0 fully saturated rings. The van der Waals surface area contributed by atoms with E-state index in [2.05, 4.69) is 6.58 Å². The predicted molar refractivity (Wildman–Crippen MR) is 58.1 cm³/mol. The summed E-state index contributed by atoms with van der Waals surface area (Å²) in [6.45, 7) is 6.83. The first kappa shape index (κ1) is 15.3. The minimum atomic E-state index is -4.27. The first-order valence-corrected chi connectivity index (χ1v) is 5.75. The maximum Gasteiger partial charge on any atom is 0.441 e. The summed E-state index contributed by atoms with van der Waals surface area (Å²) >= 11 is -0.144. The first-order chi connectivity index (χ1) is 7.25. The van der Waals surface area contributed by atoms with E-state index >= 15 is 0 Å². The van der Waals surface area contributed by atoms with E-state index in [9.17, 15) is 18.0 Å². The van der Waals surface area contributed by atoms with E-state index in [1.165, 1.54) is 13.0 Å². The number of rotatable bonds is 6. The molecule has 0 bridgehead atoms. The van der Waals surface area contributed by atoms with Crippen LogP contribution in [-0.2, 0) is 9.53 Å². The molecular formula is C10H15F3O2S. The van der Waals surface area contributed by atoms with Gasteiger partial charge in [0.1, 0.15) is 0 Å². The van der Waals surface area contributed by atoms with Gasteiger partial charge in [0.05, 0.1) is 12.0 Å². The summed E-state index contributed by atoms with van der Waals surface area (Å²) < 4.78 is 40.5. The molecule has 1 atom stereocenters. The number of halogens is 3. The van der Waals surface area contributed by atoms with E-state index in [0.29, 0.717) is 0 Å². The molecule has 0 saturated heterocycles. The highest BCUT2D eigenvalue weighted by Crippen LogP contribution is 2.34. The molecule has 0 spiro atoms. The molecule has 0 aromatic heterocycles. The summed E-state index contributed by atoms with van der Waals surface area (Å²) in [5.74, 6) is -0.724. The number of carbonyl (C=O) groups excluding carboxylic acids is 1. The second-order valence-electron chi connectivity index (χ2n) is 3.39. The lowest BCUT2D eigenvalue weighted by molar-refractivity contribution is -0.151. The molecule has 94 valence electrons. The van der Waals surface area contributed by atoms with Gasteiger partial charge in [0.15, 0.2) is 0 Å². The Bertz CT molecular complexity index is 253. The Labute approximate surface area is 97.2 Å². The number of thioether (sulfide) groups is 1. The minimum absolute atomic E-state index is 0.0551. The van der Waals surface area contributed by atoms with Crippen molar-refractivity contribution in [2.75, 3.05) is 12.4 Å². The van der Waals surface area contributed by atoms with E-state index in [-0.39, 0.29) is 30.5 Å². The monoisotopic (exact) mass is 256 g/mol. The smallest absolute Gasteiger partial charge is 0.441 e. The van der Waals surface area contributed by atoms with Crippen molar-refractivity contribution in [3.05, 3.63) is 12.7 Å². The highest BCUT2D eigenvalue weighted by molar-refractivity contribution is 8.00. The van der Waals surface area contributed by atoms with Gasteiger partial charge in [-0.3, -0.25) is 4.79 Å². The van der Waals surface area contributed by atoms with Crippen LogP contribution in [0.4, 0.5) is 13.2 Å². The van der Waals surface area contributed by atoms with Crippen LogP contribution < -0.4 is 0 Å². The molecular weight excluding hydrogens is 241 g/mol. The van der Waals surface area contributed by atoms with Gasteiger partial charge in [-0.15, -0.1) is 6.58 Å². The Hall–Kier alpha value is -0.650. The van der Waals surface area contributed by atoms with Gasteiger partial charge in [-0.25, -0.2) is 0 Å². The van der Waals surface area contributed by atoms with Crippen LogP contribution in [0.5, 0.6) is 0 Å². The zero-order valence-electron chi connectivity index (χ0n) is 9.26. The van der Waals surface area contributed by atoms with Gasteiger partial charge >= 0.3 is 11.5 Å². The van der Waals surface area contributed by atoms with Gasteiger partial charge in [-0.05, 0) is 20.3 Å². The van der Waals surface area contributed by atoms with Gasteiger partial charge in [0, 0.05) is 5.75 Å². The van der Waals surface area contributed by atoms with Crippen molar-refractivity contribution < 1.29 is 22.7 Å². The zero-order valence-corrected chi connectivity index (χ0v) is 10.1. The van der Waals surface area contributed by atoms with Crippen molar-refractivity contribution >= 4 is 17.7 Å². The largest absolute Gasteiger partial charge is 0.465 e. The Morgan fingerprint density at radius 1 is 1.50 bits per heavy atom. The normalized spacial score (nSPS) is 15.3. The minimum Gasteiger partial charge on any atom is -0.465 e. The van der Waals surface area contributed by atoms with Crippen LogP contribution in [0.3, 0.4) is 0 Å². The summed E-state index contributed by atoms with van der Waals surface area (Å²) in [6, 6.07) is 0. The molecule has 0 amide bonds. The van der Waals surface area contributed by atoms with Crippen molar-refractivity contribution in [2.45, 2.75) is 25.8 Å². The van der Waals surface area contributed by atoms with E-state index in [4.69, 9.17) is 4.74 Å². The predicted octanol–water partition coefficient (Wildman–Crippen LogP) is 3.38. The summed E-state index contributed by atoms with van der Waals surface area (Å²) in [5.41, 5.74) is -5.31. The van der Waals surface area contributed by atoms with Gasteiger partial charge in [0.2, 0.25) is 0 Å². The Kier molecular flexibility index (Phi) is 5.92. The van der Waals surface area contributed by atoms with Gasteiger partial charge in [-0.2, -0.15) is 13.2 Å². The van der Waals surface area contributed by atoms with E-state index in [1.54, 1.807) is 6.92 Å². The van der Waals surface area contributed by atoms with Crippen molar-refractivity contribution in [1.82, 2.24) is 0 Å². The third-order valence-electron chi connectivity index (χ3n) is 2.08. The van der Waals surface area contributed by atoms with Gasteiger partial charge in [-0.1, -0.05) is 17.8 Å². The van der Waals surface area contributed by atoms with Gasteiger partial charge in [0.25, 0.3) is 0 Å². The Morgan fingerprint density at radius 2 is 2.06 bits per heavy atom. The number of esters is 1. The number of alkyl halides is 3. The molecule has 0 aromatic rings. The molecule has 0 heterocycles. The fourth-order valence-electron chi connectivity index (χ4n) is 0.962. The van der Waals surface area contributed by atoms with Crippen LogP contribution in [-0.4, -0.2) is 23.8 Å². The van der Waals surface area contributed by atoms with E-state index in [1.807, 2.05) is 0 Å². The lowest BCUT2D eigenvalue weighted by atomic mass is 9.88. The quantitative estimate of drug-likeness (QED) is 0.538. The molecule has 0 aliphatic rings. The molecule has 0 aliphatic heterocycles. The van der Waals surface area contributed by atoms with Crippen LogP contribution in [0.25, 0.3) is 0 Å². The number of hydrogen-bond donors (Lipinski definition) is 0. The van der Waals surface area contributed by atoms with Crippen LogP contribution in [0.2, 0.25) is 0 Å². The molecule has 0 aromatic carbocycles. The van der Waals surface area contributed by atoms with E-state index < -0.39 is 16.9 Å². The second kappa shape index (κ2) is 6.18. The van der Waals surface area contributed by atoms with Crippen molar-refractivity contribution in [1.29, 1.82) is 0 Å². The van der Waals surface area contributed by atoms with Crippen LogP contribution in [0.15, 0.2) is 12.7 Å². The molecule has 2 nitrogen and oxygen atoms in total. The van der Waals surface area contributed by atoms with Crippen LogP contribution >= 0.6 is 11.8 Å². The average Bonchev–Trinajstić information content (AvgIpc) is 2.15. The lowest BCUT2D eigenvalue weighted by Gasteiger charge is -2.23. The molecule has 6 heteroatoms. The first-order valence-electron chi connectivity index (χ1n) is 4.76. The molecule has 0 aliphatic carbocycles. The molecule has 0 N–H and O–H groups in total. The molecule has 0 rings (SSSR count). The number of ether oxygens (including phenoxy) is 1. The van der Waals surface area contributed by atoms with Crippen molar-refractivity contribution in [3.8, 4) is 0 Å². The summed E-state index contributed by atoms with van der Waals surface area (Å²) in [4.78, 5) is 11.5. The molecule has 0 radical (unpaired) electrons. The van der Waals surface area contributed by atoms with Crippen molar-refractivity contribution in [2.24, 2.45) is 5.41 Å². The highest BCUT2D eigenvalue weighted by atomic mass is 32.2. The summed E-state index contributed by atoms with van der Waals surface area (Å²) in [6.07, 6.45) is 1.39. The van der Waals surface area contributed by atoms with Crippen molar-refractivity contribution in [3.63, 3.8) is 0 Å². The topological polar surface area (TPSA) is 26.3 Å². The third kappa shape index (κ3) is 5.44. The fraction of sp³-hybridized carbons (Fsp3) is 0.700. The number of carbonyl (C=O) groups is 1. The maximum absolute atomic E-state index is 11.9. The Morgan fingerprint density at radius 3 is 2.44 bits per heavy atom. The SMILES string of the molecule is C=CC(C)(CCSC(F)(F)F)C(=O)OCC. The summed E-state index contributed by atoms with van der Waals surface area (Å²) in [5, 5.41) is 0. The second-order valence-corrected chi connectivity index (χ2v) is 4.55. The van der Waals surface area contributed by atoms with Crippen LogP contribution in [0, 0.1) is 5.41 Å². The molecule has 1 unspecified atom stereocenters. The average molecular weight is 256 g/mol. The zero-order chi connectivity index (χ0) is 12.8. The standard InChI is InChI=1S/C10H15F3O2S/c1-4-9(3,8(14)15-5-2)6-7-16-10(11,12)13/h4H,1,5-7H2,2-3H3. The van der Waals surface area contributed by atoms with E-state index in [0.717, 1.165) is 0 Å². The summed E-state index contributed by atoms with van der Waals surface area (Å²) in [7, 11) is 0.